The number of anilines is 1. The zero-order valence-corrected chi connectivity index (χ0v) is 40.8. The SMILES string of the molecule is CC(=O)O[C@@H]1CC(=O)N[C@@H](Cc2cccs2)C(=O)N[C@H](Cc2ccc(-c3ccccc3)cc2)C(=O)N[C@@H](CCc2ccccc2)C(=O)N[C@@H](C(=O)N[C@@H](Cc2ccccc2)C(=O)O)Cc2ccc(cc2)NC1=O. The molecule has 73 heavy (non-hydrogen) atoms. The average Bonchev–Trinajstić information content (AvgIpc) is 3.91. The summed E-state index contributed by atoms with van der Waals surface area (Å²) in [4.78, 5) is 112. The first-order valence-electron chi connectivity index (χ1n) is 23.8. The van der Waals surface area contributed by atoms with Crippen LogP contribution in [0.5, 0.6) is 0 Å². The molecular formula is C56H56N6O10S. The highest BCUT2D eigenvalue weighted by Gasteiger charge is 2.34. The van der Waals surface area contributed by atoms with Crippen LogP contribution >= 0.6 is 11.3 Å². The van der Waals surface area contributed by atoms with Crippen molar-refractivity contribution in [3.63, 3.8) is 0 Å². The van der Waals surface area contributed by atoms with E-state index in [2.05, 4.69) is 31.9 Å². The minimum atomic E-state index is -1.62. The van der Waals surface area contributed by atoms with Crippen molar-refractivity contribution in [1.82, 2.24) is 26.6 Å². The topological polar surface area (TPSA) is 238 Å². The van der Waals surface area contributed by atoms with Crippen LogP contribution < -0.4 is 31.9 Å². The largest absolute Gasteiger partial charge is 0.480 e. The molecule has 0 unspecified atom stereocenters. The van der Waals surface area contributed by atoms with Crippen LogP contribution in [0, 0.1) is 0 Å². The molecule has 6 atom stereocenters. The van der Waals surface area contributed by atoms with Crippen LogP contribution in [0.15, 0.2) is 157 Å². The molecule has 0 aliphatic carbocycles. The third kappa shape index (κ3) is 15.8. The van der Waals surface area contributed by atoms with Gasteiger partial charge in [0.1, 0.15) is 30.2 Å². The summed E-state index contributed by atoms with van der Waals surface area (Å²) in [5.74, 6) is -6.87. The van der Waals surface area contributed by atoms with Gasteiger partial charge in [0, 0.05) is 43.2 Å². The lowest BCUT2D eigenvalue weighted by Gasteiger charge is -2.27. The molecule has 16 nitrogen and oxygen atoms in total. The second kappa shape index (κ2) is 25.6. The zero-order chi connectivity index (χ0) is 51.7. The van der Waals surface area contributed by atoms with Crippen LogP contribution in [-0.4, -0.2) is 88.8 Å². The van der Waals surface area contributed by atoms with Crippen LogP contribution in [0.1, 0.15) is 46.9 Å². The Labute approximate surface area is 426 Å². The number of carboxylic acid groups (broad SMARTS) is 1. The number of aliphatic carboxylic acids is 1. The van der Waals surface area contributed by atoms with Crippen LogP contribution in [0.25, 0.3) is 11.1 Å². The number of hydrogen-bond donors (Lipinski definition) is 7. The number of rotatable bonds is 14. The monoisotopic (exact) mass is 1000 g/mol. The van der Waals surface area contributed by atoms with Gasteiger partial charge in [0.05, 0.1) is 6.42 Å². The van der Waals surface area contributed by atoms with Gasteiger partial charge in [-0.2, -0.15) is 0 Å². The standard InChI is InChI=1S/C56H56N6O10S/c1-35(63)72-49-34-50(64)58-47(33-43-18-11-29-73-43)54(68)61-45(30-38-19-24-41(25-20-38)40-16-9-4-10-17-40)52(66)59-44(28-23-36-12-5-2-6-13-36)51(65)60-46(31-39-21-26-42(27-22-39)57-55(49)69)53(67)62-48(56(70)71)32-37-14-7-3-8-15-37/h2-22,24-27,29,44-49H,23,28,30-34H2,1H3,(H,57,69)(H,58,64)(H,59,66)(H,60,65)(H,61,68)(H,62,67)(H,70,71)/t44-,45+,46+,47-,48-,49+/m0/s1. The molecule has 0 radical (unpaired) electrons. The van der Waals surface area contributed by atoms with Crippen molar-refractivity contribution in [3.05, 3.63) is 184 Å². The first kappa shape index (κ1) is 52.4. The van der Waals surface area contributed by atoms with E-state index in [9.17, 15) is 43.5 Å². The molecule has 7 N–H and O–H groups in total. The number of benzene rings is 5. The summed E-state index contributed by atoms with van der Waals surface area (Å²) in [5, 5.41) is 28.5. The number of amides is 6. The third-order valence-corrected chi connectivity index (χ3v) is 13.0. The molecule has 0 fully saturated rings. The molecule has 2 bridgehead atoms. The second-order valence-corrected chi connectivity index (χ2v) is 18.7. The van der Waals surface area contributed by atoms with E-state index in [1.807, 2.05) is 84.9 Å². The summed E-state index contributed by atoms with van der Waals surface area (Å²) in [5.41, 5.74) is 4.74. The van der Waals surface area contributed by atoms with Gasteiger partial charge in [-0.1, -0.05) is 133 Å². The number of esters is 1. The van der Waals surface area contributed by atoms with E-state index in [-0.39, 0.29) is 37.8 Å². The minimum Gasteiger partial charge on any atom is -0.480 e. The van der Waals surface area contributed by atoms with Gasteiger partial charge in [-0.25, -0.2) is 4.79 Å². The summed E-state index contributed by atoms with van der Waals surface area (Å²) in [6, 6.07) is 38.1. The number of carboxylic acids is 1. The Bertz CT molecular complexity index is 2850. The average molecular weight is 1010 g/mol. The van der Waals surface area contributed by atoms with Crippen LogP contribution in [-0.2, 0) is 75.2 Å². The van der Waals surface area contributed by atoms with Crippen molar-refractivity contribution in [1.29, 1.82) is 0 Å². The van der Waals surface area contributed by atoms with Crippen molar-refractivity contribution >= 4 is 64.4 Å². The summed E-state index contributed by atoms with van der Waals surface area (Å²) >= 11 is 1.34. The number of carbonyl (C=O) groups is 8. The molecule has 5 aromatic carbocycles. The maximum Gasteiger partial charge on any atom is 0.326 e. The molecule has 2 aliphatic heterocycles. The highest BCUT2D eigenvalue weighted by atomic mass is 32.1. The molecule has 0 saturated heterocycles. The van der Waals surface area contributed by atoms with Gasteiger partial charge in [-0.05, 0) is 69.8 Å². The Balaban J connectivity index is 1.26. The van der Waals surface area contributed by atoms with E-state index in [1.165, 1.54) is 23.5 Å². The fourth-order valence-corrected chi connectivity index (χ4v) is 9.07. The van der Waals surface area contributed by atoms with E-state index in [1.54, 1.807) is 60.0 Å². The minimum absolute atomic E-state index is 0.00816. The maximum absolute atomic E-state index is 14.9. The Morgan fingerprint density at radius 2 is 1.21 bits per heavy atom. The fraction of sp³-hybridized carbons (Fsp3) is 0.250. The lowest BCUT2D eigenvalue weighted by Crippen LogP contribution is -2.60. The van der Waals surface area contributed by atoms with Crippen LogP contribution in [0.3, 0.4) is 0 Å². The van der Waals surface area contributed by atoms with Gasteiger partial charge < -0.3 is 41.7 Å². The third-order valence-electron chi connectivity index (χ3n) is 12.1. The smallest absolute Gasteiger partial charge is 0.326 e. The molecule has 376 valence electrons. The maximum atomic E-state index is 14.9. The Hall–Kier alpha value is -8.44. The molecule has 1 aromatic heterocycles. The van der Waals surface area contributed by atoms with Crippen LogP contribution in [0.4, 0.5) is 5.69 Å². The van der Waals surface area contributed by atoms with E-state index in [4.69, 9.17) is 4.74 Å². The first-order chi connectivity index (χ1) is 35.3. The quantitative estimate of drug-likeness (QED) is 0.0563. The van der Waals surface area contributed by atoms with E-state index < -0.39 is 90.1 Å². The normalized spacial score (nSPS) is 19.4. The van der Waals surface area contributed by atoms with E-state index in [0.29, 0.717) is 28.0 Å². The van der Waals surface area contributed by atoms with Gasteiger partial charge in [0.15, 0.2) is 6.10 Å². The van der Waals surface area contributed by atoms with Crippen molar-refractivity contribution < 1.29 is 48.2 Å². The number of nitrogens with one attached hydrogen (secondary N) is 6. The molecule has 8 rings (SSSR count). The number of fused-ring (bicyclic) bond motifs is 18. The number of carbonyl (C=O) groups excluding carboxylic acids is 7. The zero-order valence-electron chi connectivity index (χ0n) is 40.0. The summed E-state index contributed by atoms with van der Waals surface area (Å²) < 4.78 is 5.31. The van der Waals surface area contributed by atoms with Gasteiger partial charge >= 0.3 is 11.9 Å². The number of ether oxygens (including phenoxy) is 1. The molecule has 2 aliphatic rings. The molecule has 17 heteroatoms. The van der Waals surface area contributed by atoms with Crippen molar-refractivity contribution in [2.24, 2.45) is 0 Å². The number of thiophene rings is 1. The highest BCUT2D eigenvalue weighted by molar-refractivity contribution is 7.09. The number of hydrogen-bond acceptors (Lipinski definition) is 10. The summed E-state index contributed by atoms with van der Waals surface area (Å²) in [7, 11) is 0. The molecular weight excluding hydrogens is 949 g/mol. The van der Waals surface area contributed by atoms with Crippen molar-refractivity contribution in [3.8, 4) is 11.1 Å². The molecule has 3 heterocycles. The van der Waals surface area contributed by atoms with E-state index in [0.717, 1.165) is 23.6 Å². The first-order valence-corrected chi connectivity index (χ1v) is 24.7. The highest BCUT2D eigenvalue weighted by Crippen LogP contribution is 2.21. The van der Waals surface area contributed by atoms with Gasteiger partial charge in [-0.3, -0.25) is 33.6 Å². The summed E-state index contributed by atoms with van der Waals surface area (Å²) in [6.45, 7) is 1.09. The molecule has 6 aromatic rings. The van der Waals surface area contributed by atoms with Gasteiger partial charge in [-0.15, -0.1) is 11.3 Å². The van der Waals surface area contributed by atoms with Crippen LogP contribution in [0.2, 0.25) is 0 Å². The van der Waals surface area contributed by atoms with Crippen molar-refractivity contribution in [2.75, 3.05) is 5.32 Å². The predicted octanol–water partition coefficient (Wildman–Crippen LogP) is 5.10. The van der Waals surface area contributed by atoms with Gasteiger partial charge in [0.25, 0.3) is 5.91 Å². The molecule has 0 saturated carbocycles. The number of aryl methyl sites for hydroxylation is 1. The Kier molecular flexibility index (Phi) is 18.4. The molecule has 0 spiro atoms. The van der Waals surface area contributed by atoms with Gasteiger partial charge in [0.2, 0.25) is 29.5 Å². The fourth-order valence-electron chi connectivity index (χ4n) is 8.31. The Morgan fingerprint density at radius 3 is 1.82 bits per heavy atom. The lowest BCUT2D eigenvalue weighted by atomic mass is 9.98. The van der Waals surface area contributed by atoms with Crippen molar-refractivity contribution in [2.45, 2.75) is 88.2 Å². The second-order valence-electron chi connectivity index (χ2n) is 17.7. The Morgan fingerprint density at radius 1 is 0.616 bits per heavy atom. The molecule has 6 amide bonds. The van der Waals surface area contributed by atoms with E-state index >= 15 is 0 Å². The lowest BCUT2D eigenvalue weighted by molar-refractivity contribution is -0.153. The summed E-state index contributed by atoms with van der Waals surface area (Å²) in [6.07, 6.45) is -2.22. The predicted molar refractivity (Wildman–Crippen MR) is 275 cm³/mol.